The molecular formula is C12H13BrF3NO. The first-order valence-corrected chi connectivity index (χ1v) is 6.07. The molecule has 0 aliphatic rings. The molecule has 18 heavy (non-hydrogen) atoms. The number of ketones is 1. The summed E-state index contributed by atoms with van der Waals surface area (Å²) >= 11 is 3.01. The molecule has 0 heterocycles. The first-order valence-electron chi connectivity index (χ1n) is 5.28. The molecule has 100 valence electrons. The van der Waals surface area contributed by atoms with Crippen molar-refractivity contribution in [1.82, 2.24) is 0 Å². The maximum absolute atomic E-state index is 12.7. The lowest BCUT2D eigenvalue weighted by Gasteiger charge is -2.15. The van der Waals surface area contributed by atoms with Crippen LogP contribution in [-0.2, 0) is 17.4 Å². The van der Waals surface area contributed by atoms with Gasteiger partial charge in [0.15, 0.2) is 0 Å². The number of carbonyl (C=O) groups is 1. The first kappa shape index (κ1) is 15.0. The van der Waals surface area contributed by atoms with Crippen LogP contribution in [0.4, 0.5) is 18.9 Å². The minimum Gasteiger partial charge on any atom is -0.397 e. The number of rotatable bonds is 3. The quantitative estimate of drug-likeness (QED) is 0.859. The van der Waals surface area contributed by atoms with Crippen LogP contribution in [0.25, 0.3) is 0 Å². The fourth-order valence-electron chi connectivity index (χ4n) is 1.52. The molecule has 2 N–H and O–H groups in total. The maximum atomic E-state index is 12.7. The fraction of sp³-hybridized carbons (Fsp3) is 0.417. The van der Waals surface area contributed by atoms with E-state index < -0.39 is 11.7 Å². The molecule has 0 spiro atoms. The second kappa shape index (κ2) is 5.30. The minimum absolute atomic E-state index is 0.0588. The van der Waals surface area contributed by atoms with Gasteiger partial charge < -0.3 is 5.73 Å². The monoisotopic (exact) mass is 323 g/mol. The number of alkyl halides is 3. The largest absolute Gasteiger partial charge is 0.418 e. The van der Waals surface area contributed by atoms with Crippen LogP contribution in [0, 0.1) is 5.92 Å². The highest BCUT2D eigenvalue weighted by molar-refractivity contribution is 9.10. The standard InChI is InChI=1S/C12H13BrF3NO/c1-6(7(2)18)3-8-4-9(12(14,15)16)11(17)10(13)5-8/h4-6H,3,17H2,1-2H3/t6-/m1/s1. The fourth-order valence-corrected chi connectivity index (χ4v) is 2.03. The summed E-state index contributed by atoms with van der Waals surface area (Å²) in [6.45, 7) is 3.10. The van der Waals surface area contributed by atoms with E-state index in [0.717, 1.165) is 6.07 Å². The second-order valence-electron chi connectivity index (χ2n) is 4.25. The molecule has 2 nitrogen and oxygen atoms in total. The van der Waals surface area contributed by atoms with E-state index in [2.05, 4.69) is 15.9 Å². The smallest absolute Gasteiger partial charge is 0.397 e. The Morgan fingerprint density at radius 3 is 2.44 bits per heavy atom. The van der Waals surface area contributed by atoms with E-state index in [9.17, 15) is 18.0 Å². The third-order valence-corrected chi connectivity index (χ3v) is 3.39. The van der Waals surface area contributed by atoms with E-state index in [1.807, 2.05) is 0 Å². The van der Waals surface area contributed by atoms with E-state index >= 15 is 0 Å². The van der Waals surface area contributed by atoms with Gasteiger partial charge in [-0.3, -0.25) is 4.79 Å². The van der Waals surface area contributed by atoms with Gasteiger partial charge in [-0.2, -0.15) is 13.2 Å². The summed E-state index contributed by atoms with van der Waals surface area (Å²) in [6.07, 6.45) is -4.24. The Morgan fingerprint density at radius 1 is 1.44 bits per heavy atom. The number of Topliss-reactive ketones (excluding diaryl/α,β-unsaturated/α-hetero) is 1. The molecule has 0 amide bonds. The van der Waals surface area contributed by atoms with Gasteiger partial charge in [-0.1, -0.05) is 6.92 Å². The summed E-state index contributed by atoms with van der Waals surface area (Å²) in [7, 11) is 0. The number of nitrogen functional groups attached to an aromatic ring is 1. The minimum atomic E-state index is -4.50. The van der Waals surface area contributed by atoms with Gasteiger partial charge in [0.25, 0.3) is 0 Å². The van der Waals surface area contributed by atoms with Crippen molar-refractivity contribution < 1.29 is 18.0 Å². The Bertz CT molecular complexity index is 471. The number of hydrogen-bond donors (Lipinski definition) is 1. The molecule has 0 unspecified atom stereocenters. The number of benzene rings is 1. The van der Waals surface area contributed by atoms with Gasteiger partial charge in [0.1, 0.15) is 5.78 Å². The molecule has 0 aromatic heterocycles. The van der Waals surface area contributed by atoms with E-state index in [1.165, 1.54) is 13.0 Å². The Balaban J connectivity index is 3.17. The zero-order chi connectivity index (χ0) is 14.1. The van der Waals surface area contributed by atoms with Crippen molar-refractivity contribution in [2.24, 2.45) is 5.92 Å². The van der Waals surface area contributed by atoms with Crippen molar-refractivity contribution in [3.63, 3.8) is 0 Å². The third-order valence-electron chi connectivity index (χ3n) is 2.73. The summed E-state index contributed by atoms with van der Waals surface area (Å²) < 4.78 is 38.4. The van der Waals surface area contributed by atoms with Gasteiger partial charge in [-0.25, -0.2) is 0 Å². The molecule has 1 rings (SSSR count). The van der Waals surface area contributed by atoms with E-state index in [4.69, 9.17) is 5.73 Å². The van der Waals surface area contributed by atoms with Crippen LogP contribution in [0.1, 0.15) is 25.0 Å². The molecule has 0 saturated carbocycles. The molecule has 1 aromatic carbocycles. The van der Waals surface area contributed by atoms with Gasteiger partial charge in [0, 0.05) is 10.4 Å². The van der Waals surface area contributed by atoms with Crippen LogP contribution in [0.15, 0.2) is 16.6 Å². The molecule has 6 heteroatoms. The van der Waals surface area contributed by atoms with Gasteiger partial charge in [-0.15, -0.1) is 0 Å². The SMILES string of the molecule is CC(=O)[C@H](C)Cc1cc(Br)c(N)c(C(F)(F)F)c1. The normalized spacial score (nSPS) is 13.4. The predicted molar refractivity (Wildman–Crippen MR) is 67.1 cm³/mol. The summed E-state index contributed by atoms with van der Waals surface area (Å²) in [4.78, 5) is 11.1. The van der Waals surface area contributed by atoms with Gasteiger partial charge >= 0.3 is 6.18 Å². The average Bonchev–Trinajstić information content (AvgIpc) is 2.21. The molecule has 0 aliphatic heterocycles. The lowest BCUT2D eigenvalue weighted by Crippen LogP contribution is -2.13. The molecule has 0 fully saturated rings. The highest BCUT2D eigenvalue weighted by Gasteiger charge is 2.34. The highest BCUT2D eigenvalue weighted by atomic mass is 79.9. The summed E-state index contributed by atoms with van der Waals surface area (Å²) in [5.41, 5.74) is 4.63. The number of anilines is 1. The Labute approximate surface area is 111 Å². The molecule has 1 atom stereocenters. The van der Waals surface area contributed by atoms with Crippen molar-refractivity contribution in [2.45, 2.75) is 26.4 Å². The number of carbonyl (C=O) groups excluding carboxylic acids is 1. The maximum Gasteiger partial charge on any atom is 0.418 e. The van der Waals surface area contributed by atoms with Gasteiger partial charge in [0.2, 0.25) is 0 Å². The first-order chi connectivity index (χ1) is 8.12. The van der Waals surface area contributed by atoms with Crippen molar-refractivity contribution in [2.75, 3.05) is 5.73 Å². The molecule has 0 radical (unpaired) electrons. The number of nitrogens with two attached hydrogens (primary N) is 1. The molecule has 0 saturated heterocycles. The Morgan fingerprint density at radius 2 is 2.00 bits per heavy atom. The predicted octanol–water partition coefficient (Wildman–Crippen LogP) is 3.82. The molecule has 0 bridgehead atoms. The lowest BCUT2D eigenvalue weighted by atomic mass is 9.96. The van der Waals surface area contributed by atoms with Crippen LogP contribution in [0.3, 0.4) is 0 Å². The zero-order valence-corrected chi connectivity index (χ0v) is 11.5. The van der Waals surface area contributed by atoms with Crippen LogP contribution >= 0.6 is 15.9 Å². The van der Waals surface area contributed by atoms with Crippen LogP contribution in [-0.4, -0.2) is 5.78 Å². The Hall–Kier alpha value is -1.04. The van der Waals surface area contributed by atoms with Crippen molar-refractivity contribution in [3.05, 3.63) is 27.7 Å². The molecule has 1 aromatic rings. The zero-order valence-electron chi connectivity index (χ0n) is 9.94. The van der Waals surface area contributed by atoms with E-state index in [-0.39, 0.29) is 28.3 Å². The second-order valence-corrected chi connectivity index (χ2v) is 5.11. The van der Waals surface area contributed by atoms with Crippen LogP contribution in [0.2, 0.25) is 0 Å². The molecular weight excluding hydrogens is 311 g/mol. The van der Waals surface area contributed by atoms with Crippen molar-refractivity contribution in [3.8, 4) is 0 Å². The summed E-state index contributed by atoms with van der Waals surface area (Å²) in [5.74, 6) is -0.377. The van der Waals surface area contributed by atoms with E-state index in [0.29, 0.717) is 5.56 Å². The Kier molecular flexibility index (Phi) is 4.42. The topological polar surface area (TPSA) is 43.1 Å². The number of hydrogen-bond acceptors (Lipinski definition) is 2. The van der Waals surface area contributed by atoms with Gasteiger partial charge in [-0.05, 0) is 47.0 Å². The highest BCUT2D eigenvalue weighted by Crippen LogP contribution is 2.38. The number of halogens is 4. The third kappa shape index (κ3) is 3.48. The summed E-state index contributed by atoms with van der Waals surface area (Å²) in [6, 6.07) is 2.52. The van der Waals surface area contributed by atoms with Crippen molar-refractivity contribution in [1.29, 1.82) is 0 Å². The van der Waals surface area contributed by atoms with Gasteiger partial charge in [0.05, 0.1) is 11.3 Å². The summed E-state index contributed by atoms with van der Waals surface area (Å²) in [5, 5.41) is 0. The lowest BCUT2D eigenvalue weighted by molar-refractivity contribution is -0.137. The molecule has 0 aliphatic carbocycles. The van der Waals surface area contributed by atoms with Crippen LogP contribution in [0.5, 0.6) is 0 Å². The van der Waals surface area contributed by atoms with E-state index in [1.54, 1.807) is 6.92 Å². The van der Waals surface area contributed by atoms with Crippen LogP contribution < -0.4 is 5.73 Å². The average molecular weight is 324 g/mol. The van der Waals surface area contributed by atoms with Crippen molar-refractivity contribution >= 4 is 27.4 Å².